The molecule has 2 aliphatic heterocycles. The van der Waals surface area contributed by atoms with Crippen molar-refractivity contribution in [2.24, 2.45) is 5.92 Å². The third-order valence-corrected chi connectivity index (χ3v) is 6.50. The number of carbonyl (C=O) groups is 2. The van der Waals surface area contributed by atoms with E-state index in [1.54, 1.807) is 4.90 Å². The first-order valence-corrected chi connectivity index (χ1v) is 11.3. The van der Waals surface area contributed by atoms with E-state index in [1.807, 2.05) is 31.2 Å². The molecule has 2 aromatic rings. The molecule has 0 saturated carbocycles. The smallest absolute Gasteiger partial charge is 0.228 e. The van der Waals surface area contributed by atoms with Crippen molar-refractivity contribution < 1.29 is 14.3 Å². The van der Waals surface area contributed by atoms with Gasteiger partial charge in [0.15, 0.2) is 0 Å². The Balaban J connectivity index is 1.35. The fourth-order valence-corrected chi connectivity index (χ4v) is 4.86. The highest BCUT2D eigenvalue weighted by Crippen LogP contribution is 2.32. The molecule has 2 saturated heterocycles. The van der Waals surface area contributed by atoms with Crippen LogP contribution in [0.2, 0.25) is 0 Å². The number of hydrogen-bond acceptors (Lipinski definition) is 7. The third kappa shape index (κ3) is 4.56. The molecular weight excluding hydrogens is 402 g/mol. The number of benzene rings is 1. The Labute approximate surface area is 180 Å². The van der Waals surface area contributed by atoms with Gasteiger partial charge in [0.05, 0.1) is 12.5 Å². The second-order valence-corrected chi connectivity index (χ2v) is 8.49. The van der Waals surface area contributed by atoms with Crippen LogP contribution in [0.3, 0.4) is 0 Å². The first-order chi connectivity index (χ1) is 14.7. The minimum absolute atomic E-state index is 0.0467. The summed E-state index contributed by atoms with van der Waals surface area (Å²) >= 11 is 1.43. The Kier molecular flexibility index (Phi) is 6.47. The number of hydrogen-bond donors (Lipinski definition) is 1. The van der Waals surface area contributed by atoms with Crippen LogP contribution in [0.5, 0.6) is 5.75 Å². The van der Waals surface area contributed by atoms with Gasteiger partial charge < -0.3 is 15.0 Å². The number of amides is 2. The van der Waals surface area contributed by atoms with E-state index in [4.69, 9.17) is 4.74 Å². The SMILES string of the molecule is CCOc1ccccc1CNC(=O)[C@H]1CCCN(c2nnc(N3CCCC3=O)s2)C1. The van der Waals surface area contributed by atoms with Crippen LogP contribution in [0.4, 0.5) is 10.3 Å². The molecule has 4 rings (SSSR count). The van der Waals surface area contributed by atoms with Gasteiger partial charge in [0.25, 0.3) is 0 Å². The predicted molar refractivity (Wildman–Crippen MR) is 116 cm³/mol. The van der Waals surface area contributed by atoms with E-state index >= 15 is 0 Å². The van der Waals surface area contributed by atoms with E-state index in [-0.39, 0.29) is 17.7 Å². The summed E-state index contributed by atoms with van der Waals surface area (Å²) in [6.07, 6.45) is 3.22. The number of aromatic nitrogens is 2. The van der Waals surface area contributed by atoms with Gasteiger partial charge in [-0.3, -0.25) is 14.5 Å². The quantitative estimate of drug-likeness (QED) is 0.728. The highest BCUT2D eigenvalue weighted by atomic mass is 32.1. The van der Waals surface area contributed by atoms with Crippen LogP contribution >= 0.6 is 11.3 Å². The summed E-state index contributed by atoms with van der Waals surface area (Å²) in [6, 6.07) is 7.78. The van der Waals surface area contributed by atoms with E-state index < -0.39 is 0 Å². The van der Waals surface area contributed by atoms with Crippen molar-refractivity contribution in [1.82, 2.24) is 15.5 Å². The van der Waals surface area contributed by atoms with Gasteiger partial charge in [0, 0.05) is 38.2 Å². The molecule has 0 bridgehead atoms. The summed E-state index contributed by atoms with van der Waals surface area (Å²) in [5.74, 6) is 0.869. The van der Waals surface area contributed by atoms with Crippen LogP contribution in [-0.2, 0) is 16.1 Å². The Morgan fingerprint density at radius 1 is 1.23 bits per heavy atom. The number of nitrogens with zero attached hydrogens (tertiary/aromatic N) is 4. The van der Waals surface area contributed by atoms with Crippen molar-refractivity contribution in [3.63, 3.8) is 0 Å². The predicted octanol–water partition coefficient (Wildman–Crippen LogP) is 2.60. The Morgan fingerprint density at radius 3 is 2.87 bits per heavy atom. The van der Waals surface area contributed by atoms with Crippen LogP contribution in [0, 0.1) is 5.92 Å². The average Bonchev–Trinajstić information content (AvgIpc) is 3.42. The lowest BCUT2D eigenvalue weighted by atomic mass is 9.97. The number of rotatable bonds is 7. The molecule has 30 heavy (non-hydrogen) atoms. The third-order valence-electron chi connectivity index (χ3n) is 5.50. The summed E-state index contributed by atoms with van der Waals surface area (Å²) in [6.45, 7) is 5.16. The number of nitrogens with one attached hydrogen (secondary N) is 1. The van der Waals surface area contributed by atoms with Crippen LogP contribution in [0.25, 0.3) is 0 Å². The van der Waals surface area contributed by atoms with Crippen LogP contribution in [0.1, 0.15) is 38.2 Å². The highest BCUT2D eigenvalue weighted by Gasteiger charge is 2.30. The largest absolute Gasteiger partial charge is 0.494 e. The Morgan fingerprint density at radius 2 is 2.07 bits per heavy atom. The number of anilines is 2. The molecule has 1 N–H and O–H groups in total. The maximum Gasteiger partial charge on any atom is 0.228 e. The van der Waals surface area contributed by atoms with Gasteiger partial charge in [-0.15, -0.1) is 10.2 Å². The molecule has 1 aromatic carbocycles. The van der Waals surface area contributed by atoms with Crippen LogP contribution in [-0.4, -0.2) is 48.3 Å². The van der Waals surface area contributed by atoms with E-state index in [2.05, 4.69) is 20.4 Å². The number of para-hydroxylation sites is 1. The fourth-order valence-electron chi connectivity index (χ4n) is 3.93. The molecule has 1 aromatic heterocycles. The lowest BCUT2D eigenvalue weighted by Gasteiger charge is -2.31. The zero-order valence-electron chi connectivity index (χ0n) is 17.2. The molecule has 0 aliphatic carbocycles. The van der Waals surface area contributed by atoms with Crippen molar-refractivity contribution in [1.29, 1.82) is 0 Å². The lowest BCUT2D eigenvalue weighted by molar-refractivity contribution is -0.125. The maximum absolute atomic E-state index is 12.8. The van der Waals surface area contributed by atoms with E-state index in [9.17, 15) is 9.59 Å². The second kappa shape index (κ2) is 9.42. The molecule has 0 unspecified atom stereocenters. The fraction of sp³-hybridized carbons (Fsp3) is 0.524. The lowest BCUT2D eigenvalue weighted by Crippen LogP contribution is -2.43. The van der Waals surface area contributed by atoms with Crippen molar-refractivity contribution >= 4 is 33.4 Å². The van der Waals surface area contributed by atoms with Gasteiger partial charge in [0.1, 0.15) is 5.75 Å². The van der Waals surface area contributed by atoms with E-state index in [0.29, 0.717) is 37.8 Å². The molecule has 1 atom stereocenters. The standard InChI is InChI=1S/C21H27N5O3S/c1-2-29-17-9-4-3-7-15(17)13-22-19(28)16-8-5-11-25(14-16)20-23-24-21(30-20)26-12-6-10-18(26)27/h3-4,7,9,16H,2,5-6,8,10-14H2,1H3,(H,22,28)/t16-/m0/s1. The van der Waals surface area contributed by atoms with Gasteiger partial charge in [-0.05, 0) is 32.3 Å². The van der Waals surface area contributed by atoms with Gasteiger partial charge in [0.2, 0.25) is 22.1 Å². The van der Waals surface area contributed by atoms with Crippen LogP contribution in [0.15, 0.2) is 24.3 Å². The Bertz CT molecular complexity index is 902. The molecule has 160 valence electrons. The zero-order valence-corrected chi connectivity index (χ0v) is 18.0. The van der Waals surface area contributed by atoms with Crippen molar-refractivity contribution in [2.45, 2.75) is 39.2 Å². The van der Waals surface area contributed by atoms with Gasteiger partial charge in [-0.2, -0.15) is 0 Å². The maximum atomic E-state index is 12.8. The number of carbonyl (C=O) groups excluding carboxylic acids is 2. The molecule has 8 nitrogen and oxygen atoms in total. The number of piperidine rings is 1. The monoisotopic (exact) mass is 429 g/mol. The molecule has 3 heterocycles. The number of ether oxygens (including phenoxy) is 1. The first-order valence-electron chi connectivity index (χ1n) is 10.5. The summed E-state index contributed by atoms with van der Waals surface area (Å²) in [4.78, 5) is 28.6. The van der Waals surface area contributed by atoms with Crippen LogP contribution < -0.4 is 19.9 Å². The molecule has 2 aliphatic rings. The summed E-state index contributed by atoms with van der Waals surface area (Å²) < 4.78 is 5.64. The molecule has 0 spiro atoms. The summed E-state index contributed by atoms with van der Waals surface area (Å²) in [5.41, 5.74) is 0.976. The molecule has 2 amide bonds. The van der Waals surface area contributed by atoms with Crippen molar-refractivity contribution in [3.8, 4) is 5.75 Å². The average molecular weight is 430 g/mol. The summed E-state index contributed by atoms with van der Waals surface area (Å²) in [5, 5.41) is 13.0. The minimum atomic E-state index is -0.0984. The van der Waals surface area contributed by atoms with E-state index in [0.717, 1.165) is 42.3 Å². The van der Waals surface area contributed by atoms with Gasteiger partial charge in [-0.1, -0.05) is 29.5 Å². The molecule has 9 heteroatoms. The topological polar surface area (TPSA) is 87.7 Å². The van der Waals surface area contributed by atoms with Gasteiger partial charge in [-0.25, -0.2) is 0 Å². The van der Waals surface area contributed by atoms with Crippen molar-refractivity contribution in [3.05, 3.63) is 29.8 Å². The van der Waals surface area contributed by atoms with E-state index in [1.165, 1.54) is 11.3 Å². The second-order valence-electron chi connectivity index (χ2n) is 7.56. The highest BCUT2D eigenvalue weighted by molar-refractivity contribution is 7.19. The normalized spacial score (nSPS) is 19.2. The molecule has 2 fully saturated rings. The Hall–Kier alpha value is -2.68. The first kappa shape index (κ1) is 20.6. The minimum Gasteiger partial charge on any atom is -0.494 e. The zero-order chi connectivity index (χ0) is 20.9. The molecular formula is C21H27N5O3S. The van der Waals surface area contributed by atoms with Gasteiger partial charge >= 0.3 is 0 Å². The molecule has 0 radical (unpaired) electrons. The van der Waals surface area contributed by atoms with Crippen molar-refractivity contribution in [2.75, 3.05) is 36.0 Å². The summed E-state index contributed by atoms with van der Waals surface area (Å²) in [7, 11) is 0.